The number of amides is 1. The van der Waals surface area contributed by atoms with E-state index in [-0.39, 0.29) is 17.6 Å². The molecule has 1 aliphatic heterocycles. The molecule has 3 rings (SSSR count). The third-order valence-corrected chi connectivity index (χ3v) is 8.46. The van der Waals surface area contributed by atoms with Crippen LogP contribution in [-0.4, -0.2) is 44.0 Å². The number of nitrogens with zero attached hydrogens (tertiary/aromatic N) is 1. The Hall–Kier alpha value is -1.25. The number of hydrogen-bond acceptors (Lipinski definition) is 4. The number of halogens is 2. The Balaban J connectivity index is 1.41. The normalized spacial score (nSPS) is 15.8. The molecule has 0 unspecified atom stereocenters. The van der Waals surface area contributed by atoms with Gasteiger partial charge in [-0.1, -0.05) is 41.4 Å². The Morgan fingerprint density at radius 3 is 2.40 bits per heavy atom. The van der Waals surface area contributed by atoms with Gasteiger partial charge in [0.2, 0.25) is 15.9 Å². The highest BCUT2D eigenvalue weighted by atomic mass is 35.5. The second kappa shape index (κ2) is 10.9. The number of carbonyl (C=O) groups is 1. The van der Waals surface area contributed by atoms with Crippen LogP contribution in [0.3, 0.4) is 0 Å². The Labute approximate surface area is 192 Å². The van der Waals surface area contributed by atoms with Gasteiger partial charge in [0.1, 0.15) is 0 Å². The van der Waals surface area contributed by atoms with Crippen molar-refractivity contribution >= 4 is 50.9 Å². The zero-order valence-electron chi connectivity index (χ0n) is 16.4. The lowest BCUT2D eigenvalue weighted by Gasteiger charge is -2.30. The zero-order chi connectivity index (χ0) is 21.6. The summed E-state index contributed by atoms with van der Waals surface area (Å²) in [7, 11) is -3.46. The van der Waals surface area contributed by atoms with Gasteiger partial charge >= 0.3 is 0 Å². The number of benzene rings is 2. The fourth-order valence-electron chi connectivity index (χ4n) is 3.32. The lowest BCUT2D eigenvalue weighted by atomic mass is 9.97. The first-order chi connectivity index (χ1) is 14.3. The highest BCUT2D eigenvalue weighted by Gasteiger charge is 2.31. The van der Waals surface area contributed by atoms with E-state index in [9.17, 15) is 13.2 Å². The van der Waals surface area contributed by atoms with Crippen LogP contribution in [0.5, 0.6) is 0 Å². The summed E-state index contributed by atoms with van der Waals surface area (Å²) >= 11 is 13.6. The van der Waals surface area contributed by atoms with Gasteiger partial charge in [-0.3, -0.25) is 4.79 Å². The average molecular weight is 487 g/mol. The molecule has 0 aliphatic carbocycles. The summed E-state index contributed by atoms with van der Waals surface area (Å²) in [6, 6.07) is 14.6. The first kappa shape index (κ1) is 23.4. The van der Waals surface area contributed by atoms with Crippen molar-refractivity contribution in [3.8, 4) is 0 Å². The molecule has 1 N–H and O–H groups in total. The monoisotopic (exact) mass is 486 g/mol. The van der Waals surface area contributed by atoms with Crippen LogP contribution in [0.4, 0.5) is 0 Å². The van der Waals surface area contributed by atoms with Gasteiger partial charge in [0.05, 0.1) is 5.75 Å². The summed E-state index contributed by atoms with van der Waals surface area (Å²) in [5, 5.41) is 4.12. The molecule has 162 valence electrons. The predicted molar refractivity (Wildman–Crippen MR) is 124 cm³/mol. The zero-order valence-corrected chi connectivity index (χ0v) is 19.5. The largest absolute Gasteiger partial charge is 0.355 e. The molecule has 1 fully saturated rings. The van der Waals surface area contributed by atoms with Crippen molar-refractivity contribution in [2.45, 2.75) is 23.5 Å². The quantitative estimate of drug-likeness (QED) is 0.442. The number of piperidine rings is 1. The van der Waals surface area contributed by atoms with Gasteiger partial charge in [-0.25, -0.2) is 12.7 Å². The topological polar surface area (TPSA) is 66.5 Å². The maximum Gasteiger partial charge on any atom is 0.223 e. The number of thioether (sulfide) groups is 1. The van der Waals surface area contributed by atoms with Gasteiger partial charge in [-0.2, -0.15) is 0 Å². The fourth-order valence-corrected chi connectivity index (χ4v) is 6.09. The highest BCUT2D eigenvalue weighted by molar-refractivity contribution is 7.99. The van der Waals surface area contributed by atoms with Crippen LogP contribution in [0.2, 0.25) is 10.0 Å². The van der Waals surface area contributed by atoms with E-state index < -0.39 is 10.0 Å². The van der Waals surface area contributed by atoms with E-state index in [2.05, 4.69) is 5.32 Å². The van der Waals surface area contributed by atoms with Crippen LogP contribution < -0.4 is 5.32 Å². The van der Waals surface area contributed by atoms with Crippen LogP contribution in [0, 0.1) is 5.92 Å². The van der Waals surface area contributed by atoms with E-state index in [0.29, 0.717) is 48.1 Å². The van der Waals surface area contributed by atoms with E-state index in [4.69, 9.17) is 23.2 Å². The molecule has 0 bridgehead atoms. The van der Waals surface area contributed by atoms with Gasteiger partial charge in [0.25, 0.3) is 0 Å². The molecule has 2 aromatic rings. The van der Waals surface area contributed by atoms with Crippen molar-refractivity contribution in [3.05, 3.63) is 64.1 Å². The van der Waals surface area contributed by atoms with Crippen molar-refractivity contribution in [1.29, 1.82) is 0 Å². The molecule has 0 aromatic heterocycles. The fraction of sp³-hybridized carbons (Fsp3) is 0.381. The molecular formula is C21H24Cl2N2O3S2. The number of carbonyl (C=O) groups excluding carboxylic acids is 1. The third-order valence-electron chi connectivity index (χ3n) is 5.00. The van der Waals surface area contributed by atoms with Crippen LogP contribution in [0.15, 0.2) is 53.4 Å². The van der Waals surface area contributed by atoms with Crippen LogP contribution in [0.1, 0.15) is 18.4 Å². The minimum absolute atomic E-state index is 0.00476. The van der Waals surface area contributed by atoms with Crippen LogP contribution in [-0.2, 0) is 20.6 Å². The Bertz CT molecular complexity index is 960. The summed E-state index contributed by atoms with van der Waals surface area (Å²) in [5.41, 5.74) is 0.595. The maximum absolute atomic E-state index is 12.7. The summed E-state index contributed by atoms with van der Waals surface area (Å²) in [5.74, 6) is 0.483. The Morgan fingerprint density at radius 2 is 1.73 bits per heavy atom. The molecular weight excluding hydrogens is 463 g/mol. The summed E-state index contributed by atoms with van der Waals surface area (Å²) in [6.07, 6.45) is 1.05. The molecule has 0 atom stereocenters. The summed E-state index contributed by atoms with van der Waals surface area (Å²) in [6.45, 7) is 1.27. The molecule has 1 heterocycles. The van der Waals surface area contributed by atoms with E-state index in [1.807, 2.05) is 24.3 Å². The summed E-state index contributed by atoms with van der Waals surface area (Å²) in [4.78, 5) is 13.5. The molecule has 1 amide bonds. The summed E-state index contributed by atoms with van der Waals surface area (Å²) < 4.78 is 26.9. The average Bonchev–Trinajstić information content (AvgIpc) is 2.74. The van der Waals surface area contributed by atoms with Gasteiger partial charge in [0.15, 0.2) is 0 Å². The standard InChI is InChI=1S/C21H24Cl2N2O3S2/c22-18-5-7-19(8-6-18)29-14-11-24-21(26)16-9-12-25(13-10-16)30(27,28)15-17-3-1-2-4-20(17)23/h1-8,16H,9-15H2,(H,24,26). The second-order valence-corrected chi connectivity index (χ2v) is 11.1. The van der Waals surface area contributed by atoms with Crippen molar-refractivity contribution < 1.29 is 13.2 Å². The van der Waals surface area contributed by atoms with Crippen molar-refractivity contribution in [1.82, 2.24) is 9.62 Å². The Kier molecular flexibility index (Phi) is 8.48. The molecule has 0 saturated carbocycles. The van der Waals surface area contributed by atoms with Gasteiger partial charge < -0.3 is 5.32 Å². The molecule has 1 aliphatic rings. The molecule has 0 radical (unpaired) electrons. The van der Waals surface area contributed by atoms with E-state index in [0.717, 1.165) is 10.6 Å². The molecule has 9 heteroatoms. The van der Waals surface area contributed by atoms with E-state index in [1.54, 1.807) is 36.0 Å². The smallest absolute Gasteiger partial charge is 0.223 e. The third kappa shape index (κ3) is 6.62. The minimum Gasteiger partial charge on any atom is -0.355 e. The first-order valence-corrected chi connectivity index (χ1v) is 13.1. The number of hydrogen-bond donors (Lipinski definition) is 1. The Morgan fingerprint density at radius 1 is 1.07 bits per heavy atom. The SMILES string of the molecule is O=C(NCCSc1ccc(Cl)cc1)C1CCN(S(=O)(=O)Cc2ccccc2Cl)CC1. The molecule has 1 saturated heterocycles. The highest BCUT2D eigenvalue weighted by Crippen LogP contribution is 2.24. The lowest BCUT2D eigenvalue weighted by Crippen LogP contribution is -2.43. The number of rotatable bonds is 8. The minimum atomic E-state index is -3.46. The molecule has 2 aromatic carbocycles. The van der Waals surface area contributed by atoms with E-state index in [1.165, 1.54) is 4.31 Å². The van der Waals surface area contributed by atoms with Gasteiger partial charge in [-0.15, -0.1) is 11.8 Å². The van der Waals surface area contributed by atoms with Gasteiger partial charge in [0, 0.05) is 46.2 Å². The second-order valence-electron chi connectivity index (χ2n) is 7.11. The van der Waals surface area contributed by atoms with E-state index >= 15 is 0 Å². The first-order valence-electron chi connectivity index (χ1n) is 9.72. The predicted octanol–water partition coefficient (Wildman–Crippen LogP) is 4.44. The van der Waals surface area contributed by atoms with Crippen LogP contribution in [0.25, 0.3) is 0 Å². The number of sulfonamides is 1. The molecule has 5 nitrogen and oxygen atoms in total. The number of nitrogens with one attached hydrogen (secondary N) is 1. The van der Waals surface area contributed by atoms with Crippen LogP contribution >= 0.6 is 35.0 Å². The van der Waals surface area contributed by atoms with Crippen molar-refractivity contribution in [2.24, 2.45) is 5.92 Å². The molecule has 30 heavy (non-hydrogen) atoms. The lowest BCUT2D eigenvalue weighted by molar-refractivity contribution is -0.125. The molecule has 0 spiro atoms. The van der Waals surface area contributed by atoms with Crippen molar-refractivity contribution in [3.63, 3.8) is 0 Å². The maximum atomic E-state index is 12.7. The van der Waals surface area contributed by atoms with Crippen molar-refractivity contribution in [2.75, 3.05) is 25.4 Å². The van der Waals surface area contributed by atoms with Gasteiger partial charge in [-0.05, 0) is 48.7 Å².